The van der Waals surface area contributed by atoms with E-state index in [9.17, 15) is 13.2 Å². The first-order valence-electron chi connectivity index (χ1n) is 5.20. The quantitative estimate of drug-likeness (QED) is 0.741. The van der Waals surface area contributed by atoms with Crippen LogP contribution in [0.25, 0.3) is 0 Å². The molecular weight excluding hydrogens is 216 g/mol. The molecule has 1 aliphatic rings. The van der Waals surface area contributed by atoms with Crippen molar-refractivity contribution in [3.8, 4) is 0 Å². The lowest BCUT2D eigenvalue weighted by Gasteiger charge is -2.16. The lowest BCUT2D eigenvalue weighted by atomic mass is 10.4. The van der Waals surface area contributed by atoms with E-state index in [1.165, 1.54) is 0 Å². The van der Waals surface area contributed by atoms with Gasteiger partial charge in [-0.25, -0.2) is 13.1 Å². The number of nitrogens with one attached hydrogen (secondary N) is 1. The van der Waals surface area contributed by atoms with Crippen molar-refractivity contribution in [2.75, 3.05) is 19.6 Å². The van der Waals surface area contributed by atoms with Crippen LogP contribution in [0.2, 0.25) is 0 Å². The molecule has 1 saturated heterocycles. The van der Waals surface area contributed by atoms with Crippen molar-refractivity contribution < 1.29 is 13.2 Å². The number of sulfonamides is 1. The van der Waals surface area contributed by atoms with E-state index in [2.05, 4.69) is 4.72 Å². The summed E-state index contributed by atoms with van der Waals surface area (Å²) in [5, 5.41) is -0.496. The molecule has 0 aromatic rings. The van der Waals surface area contributed by atoms with Gasteiger partial charge in [0, 0.05) is 13.1 Å². The van der Waals surface area contributed by atoms with Crippen molar-refractivity contribution in [3.63, 3.8) is 0 Å². The Morgan fingerprint density at radius 1 is 1.33 bits per heavy atom. The van der Waals surface area contributed by atoms with Gasteiger partial charge in [-0.2, -0.15) is 0 Å². The van der Waals surface area contributed by atoms with Gasteiger partial charge in [0.05, 0.1) is 11.8 Å². The standard InChI is InChI=1S/C9H18N2O3S/c1-8(2)15(13,14)10-7-9(12)11-5-3-4-6-11/h8,10H,3-7H2,1-2H3. The largest absolute Gasteiger partial charge is 0.342 e. The molecule has 0 aromatic heterocycles. The first-order chi connectivity index (χ1) is 6.93. The predicted octanol–water partition coefficient (Wildman–Crippen LogP) is -0.0634. The minimum Gasteiger partial charge on any atom is -0.342 e. The number of carbonyl (C=O) groups excluding carboxylic acids is 1. The molecule has 6 heteroatoms. The zero-order chi connectivity index (χ0) is 11.5. The summed E-state index contributed by atoms with van der Waals surface area (Å²) >= 11 is 0. The molecule has 0 bridgehead atoms. The highest BCUT2D eigenvalue weighted by Gasteiger charge is 2.21. The molecule has 1 aliphatic heterocycles. The molecule has 88 valence electrons. The maximum absolute atomic E-state index is 11.5. The Labute approximate surface area is 90.9 Å². The number of hydrogen-bond donors (Lipinski definition) is 1. The second-order valence-electron chi connectivity index (χ2n) is 4.00. The summed E-state index contributed by atoms with van der Waals surface area (Å²) < 4.78 is 25.1. The maximum Gasteiger partial charge on any atom is 0.237 e. The van der Waals surface area contributed by atoms with Crippen molar-refractivity contribution in [3.05, 3.63) is 0 Å². The smallest absolute Gasteiger partial charge is 0.237 e. The molecular formula is C9H18N2O3S. The van der Waals surface area contributed by atoms with Crippen LogP contribution in [-0.2, 0) is 14.8 Å². The van der Waals surface area contributed by atoms with Crippen molar-refractivity contribution in [1.29, 1.82) is 0 Å². The predicted molar refractivity (Wildman–Crippen MR) is 57.9 cm³/mol. The van der Waals surface area contributed by atoms with Gasteiger partial charge in [0.15, 0.2) is 0 Å². The molecule has 0 aromatic carbocycles. The van der Waals surface area contributed by atoms with Crippen LogP contribution in [0.3, 0.4) is 0 Å². The summed E-state index contributed by atoms with van der Waals surface area (Å²) in [7, 11) is -3.32. The van der Waals surface area contributed by atoms with E-state index in [1.54, 1.807) is 18.7 Å². The van der Waals surface area contributed by atoms with Gasteiger partial charge >= 0.3 is 0 Å². The van der Waals surface area contributed by atoms with E-state index in [-0.39, 0.29) is 12.5 Å². The fourth-order valence-electron chi connectivity index (χ4n) is 1.41. The van der Waals surface area contributed by atoms with Gasteiger partial charge in [0.25, 0.3) is 0 Å². The third-order valence-corrected chi connectivity index (χ3v) is 4.29. The Kier molecular flexibility index (Phi) is 4.10. The minimum absolute atomic E-state index is 0.111. The van der Waals surface area contributed by atoms with Crippen LogP contribution < -0.4 is 4.72 Å². The van der Waals surface area contributed by atoms with Gasteiger partial charge in [0.1, 0.15) is 0 Å². The zero-order valence-corrected chi connectivity index (χ0v) is 10.0. The number of rotatable bonds is 4. The van der Waals surface area contributed by atoms with Crippen LogP contribution in [0, 0.1) is 0 Å². The molecule has 0 unspecified atom stereocenters. The normalized spacial score (nSPS) is 17.4. The fraction of sp³-hybridized carbons (Fsp3) is 0.889. The minimum atomic E-state index is -3.32. The average Bonchev–Trinajstić information content (AvgIpc) is 2.66. The molecule has 1 amide bonds. The summed E-state index contributed by atoms with van der Waals surface area (Å²) in [6.07, 6.45) is 2.03. The van der Waals surface area contributed by atoms with Crippen LogP contribution >= 0.6 is 0 Å². The Hall–Kier alpha value is -0.620. The van der Waals surface area contributed by atoms with E-state index >= 15 is 0 Å². The van der Waals surface area contributed by atoms with Crippen LogP contribution in [0.4, 0.5) is 0 Å². The third kappa shape index (κ3) is 3.46. The lowest BCUT2D eigenvalue weighted by Crippen LogP contribution is -2.40. The molecule has 1 rings (SSSR count). The number of nitrogens with zero attached hydrogens (tertiary/aromatic N) is 1. The topological polar surface area (TPSA) is 66.5 Å². The van der Waals surface area contributed by atoms with Crippen molar-refractivity contribution in [2.24, 2.45) is 0 Å². The number of hydrogen-bond acceptors (Lipinski definition) is 3. The maximum atomic E-state index is 11.5. The first kappa shape index (κ1) is 12.4. The monoisotopic (exact) mass is 234 g/mol. The van der Waals surface area contributed by atoms with Crippen molar-refractivity contribution in [2.45, 2.75) is 31.9 Å². The second-order valence-corrected chi connectivity index (χ2v) is 6.32. The molecule has 0 saturated carbocycles. The van der Waals surface area contributed by atoms with Gasteiger partial charge in [-0.05, 0) is 26.7 Å². The molecule has 0 spiro atoms. The molecule has 15 heavy (non-hydrogen) atoms. The fourth-order valence-corrected chi connectivity index (χ4v) is 2.07. The van der Waals surface area contributed by atoms with Crippen molar-refractivity contribution >= 4 is 15.9 Å². The van der Waals surface area contributed by atoms with Crippen LogP contribution in [0.5, 0.6) is 0 Å². The molecule has 1 N–H and O–H groups in total. The Morgan fingerprint density at radius 3 is 2.33 bits per heavy atom. The Morgan fingerprint density at radius 2 is 1.87 bits per heavy atom. The third-order valence-electron chi connectivity index (χ3n) is 2.50. The summed E-state index contributed by atoms with van der Waals surface area (Å²) in [5.74, 6) is -0.128. The molecule has 0 atom stereocenters. The summed E-state index contributed by atoms with van der Waals surface area (Å²) in [5.41, 5.74) is 0. The van der Waals surface area contributed by atoms with Gasteiger partial charge in [-0.3, -0.25) is 4.79 Å². The first-order valence-corrected chi connectivity index (χ1v) is 6.74. The SMILES string of the molecule is CC(C)S(=O)(=O)NCC(=O)N1CCCC1. The molecule has 1 heterocycles. The molecule has 1 fully saturated rings. The van der Waals surface area contributed by atoms with E-state index < -0.39 is 15.3 Å². The zero-order valence-electron chi connectivity index (χ0n) is 9.19. The Balaban J connectivity index is 2.40. The van der Waals surface area contributed by atoms with E-state index in [0.29, 0.717) is 0 Å². The number of carbonyl (C=O) groups is 1. The van der Waals surface area contributed by atoms with Crippen LogP contribution in [0.15, 0.2) is 0 Å². The van der Waals surface area contributed by atoms with Crippen LogP contribution in [0.1, 0.15) is 26.7 Å². The van der Waals surface area contributed by atoms with E-state index in [0.717, 1.165) is 25.9 Å². The molecule has 5 nitrogen and oxygen atoms in total. The van der Waals surface area contributed by atoms with Crippen molar-refractivity contribution in [1.82, 2.24) is 9.62 Å². The second kappa shape index (κ2) is 4.94. The Bertz CT molecular complexity index is 318. The highest BCUT2D eigenvalue weighted by atomic mass is 32.2. The summed E-state index contributed by atoms with van der Waals surface area (Å²) in [6, 6.07) is 0. The highest BCUT2D eigenvalue weighted by Crippen LogP contribution is 2.07. The molecule has 0 aliphatic carbocycles. The van der Waals surface area contributed by atoms with Crippen LogP contribution in [-0.4, -0.2) is 44.1 Å². The summed E-state index contributed by atoms with van der Waals surface area (Å²) in [6.45, 7) is 4.57. The summed E-state index contributed by atoms with van der Waals surface area (Å²) in [4.78, 5) is 13.2. The van der Waals surface area contributed by atoms with Gasteiger partial charge < -0.3 is 4.90 Å². The van der Waals surface area contributed by atoms with Gasteiger partial charge in [0.2, 0.25) is 15.9 Å². The van der Waals surface area contributed by atoms with Gasteiger partial charge in [-0.1, -0.05) is 0 Å². The lowest BCUT2D eigenvalue weighted by molar-refractivity contribution is -0.128. The average molecular weight is 234 g/mol. The number of amides is 1. The van der Waals surface area contributed by atoms with E-state index in [1.807, 2.05) is 0 Å². The number of likely N-dealkylation sites (tertiary alicyclic amines) is 1. The molecule has 0 radical (unpaired) electrons. The van der Waals surface area contributed by atoms with Gasteiger partial charge in [-0.15, -0.1) is 0 Å². The van der Waals surface area contributed by atoms with E-state index in [4.69, 9.17) is 0 Å². The highest BCUT2D eigenvalue weighted by molar-refractivity contribution is 7.90.